The van der Waals surface area contributed by atoms with Crippen LogP contribution in [0.1, 0.15) is 6.92 Å². The second-order valence-corrected chi connectivity index (χ2v) is 6.01. The van der Waals surface area contributed by atoms with E-state index in [0.29, 0.717) is 39.3 Å². The standard InChI is InChI=1S/C14H27N5O2/c1-12(20)17-5-7-18(8-6-17)14(21)11-19-4-3-16(2)10-13(19)9-15/h13H,3-11,15H2,1-2H3. The summed E-state index contributed by atoms with van der Waals surface area (Å²) in [6.45, 7) is 7.94. The lowest BCUT2D eigenvalue weighted by molar-refractivity contribution is -0.139. The van der Waals surface area contributed by atoms with Gasteiger partial charge in [-0.1, -0.05) is 0 Å². The average molecular weight is 297 g/mol. The Morgan fingerprint density at radius 2 is 1.67 bits per heavy atom. The Bertz CT molecular complexity index is 382. The first-order valence-corrected chi connectivity index (χ1v) is 7.67. The smallest absolute Gasteiger partial charge is 0.236 e. The number of hydrogen-bond acceptors (Lipinski definition) is 5. The van der Waals surface area contributed by atoms with Gasteiger partial charge in [-0.3, -0.25) is 14.5 Å². The van der Waals surface area contributed by atoms with E-state index in [1.807, 2.05) is 4.90 Å². The first-order chi connectivity index (χ1) is 10.0. The SMILES string of the molecule is CC(=O)N1CCN(C(=O)CN2CCN(C)CC2CN)CC1. The largest absolute Gasteiger partial charge is 0.339 e. The van der Waals surface area contributed by atoms with Crippen molar-refractivity contribution >= 4 is 11.8 Å². The fourth-order valence-corrected chi connectivity index (χ4v) is 3.02. The molecule has 0 bridgehead atoms. The van der Waals surface area contributed by atoms with Gasteiger partial charge in [0.15, 0.2) is 0 Å². The summed E-state index contributed by atoms with van der Waals surface area (Å²) in [6.07, 6.45) is 0. The van der Waals surface area contributed by atoms with Crippen molar-refractivity contribution in [3.8, 4) is 0 Å². The van der Waals surface area contributed by atoms with Crippen LogP contribution in [-0.2, 0) is 9.59 Å². The lowest BCUT2D eigenvalue weighted by atomic mass is 10.1. The van der Waals surface area contributed by atoms with Crippen LogP contribution < -0.4 is 5.73 Å². The molecule has 0 aromatic heterocycles. The van der Waals surface area contributed by atoms with Crippen LogP contribution in [0.3, 0.4) is 0 Å². The molecule has 0 saturated carbocycles. The van der Waals surface area contributed by atoms with Crippen molar-refractivity contribution in [1.29, 1.82) is 0 Å². The summed E-state index contributed by atoms with van der Waals surface area (Å²) in [7, 11) is 2.09. The summed E-state index contributed by atoms with van der Waals surface area (Å²) < 4.78 is 0. The van der Waals surface area contributed by atoms with E-state index < -0.39 is 0 Å². The minimum Gasteiger partial charge on any atom is -0.339 e. The van der Waals surface area contributed by atoms with Crippen LogP contribution in [0.2, 0.25) is 0 Å². The number of nitrogens with zero attached hydrogens (tertiary/aromatic N) is 4. The number of likely N-dealkylation sites (N-methyl/N-ethyl adjacent to an activating group) is 1. The molecule has 2 saturated heterocycles. The highest BCUT2D eigenvalue weighted by Gasteiger charge is 2.28. The second-order valence-electron chi connectivity index (χ2n) is 6.01. The predicted molar refractivity (Wildman–Crippen MR) is 80.7 cm³/mol. The van der Waals surface area contributed by atoms with E-state index in [2.05, 4.69) is 16.8 Å². The lowest BCUT2D eigenvalue weighted by Gasteiger charge is -2.41. The maximum atomic E-state index is 12.4. The van der Waals surface area contributed by atoms with Crippen molar-refractivity contribution in [2.45, 2.75) is 13.0 Å². The van der Waals surface area contributed by atoms with Gasteiger partial charge in [-0.2, -0.15) is 0 Å². The van der Waals surface area contributed by atoms with Crippen LogP contribution in [0, 0.1) is 0 Å². The van der Waals surface area contributed by atoms with Gasteiger partial charge < -0.3 is 20.4 Å². The van der Waals surface area contributed by atoms with E-state index in [0.717, 1.165) is 19.6 Å². The first-order valence-electron chi connectivity index (χ1n) is 7.67. The number of amides is 2. The highest BCUT2D eigenvalue weighted by molar-refractivity contribution is 5.79. The predicted octanol–water partition coefficient (Wildman–Crippen LogP) is -1.75. The third-order valence-corrected chi connectivity index (χ3v) is 4.50. The number of carbonyl (C=O) groups is 2. The molecule has 2 aliphatic rings. The molecule has 0 spiro atoms. The molecule has 7 heteroatoms. The average Bonchev–Trinajstić information content (AvgIpc) is 2.49. The molecular weight excluding hydrogens is 270 g/mol. The molecule has 1 unspecified atom stereocenters. The number of rotatable bonds is 3. The van der Waals surface area contributed by atoms with Crippen molar-refractivity contribution in [1.82, 2.24) is 19.6 Å². The van der Waals surface area contributed by atoms with Gasteiger partial charge in [-0.25, -0.2) is 0 Å². The van der Waals surface area contributed by atoms with Gasteiger partial charge in [-0.15, -0.1) is 0 Å². The molecular formula is C14H27N5O2. The second kappa shape index (κ2) is 7.20. The van der Waals surface area contributed by atoms with E-state index in [-0.39, 0.29) is 17.9 Å². The third-order valence-electron chi connectivity index (χ3n) is 4.50. The third kappa shape index (κ3) is 4.15. The Morgan fingerprint density at radius 3 is 2.24 bits per heavy atom. The molecule has 0 aromatic carbocycles. The molecule has 2 amide bonds. The van der Waals surface area contributed by atoms with Crippen molar-refractivity contribution < 1.29 is 9.59 Å². The molecule has 2 N–H and O–H groups in total. The number of hydrogen-bond donors (Lipinski definition) is 1. The molecule has 0 aliphatic carbocycles. The van der Waals surface area contributed by atoms with Crippen molar-refractivity contribution in [3.05, 3.63) is 0 Å². The van der Waals surface area contributed by atoms with Crippen LogP contribution in [0.5, 0.6) is 0 Å². The Hall–Kier alpha value is -1.18. The van der Waals surface area contributed by atoms with Crippen LogP contribution in [0.15, 0.2) is 0 Å². The van der Waals surface area contributed by atoms with Gasteiger partial charge in [0.2, 0.25) is 11.8 Å². The molecule has 7 nitrogen and oxygen atoms in total. The number of nitrogens with two attached hydrogens (primary N) is 1. The van der Waals surface area contributed by atoms with Gasteiger partial charge >= 0.3 is 0 Å². The maximum Gasteiger partial charge on any atom is 0.236 e. The van der Waals surface area contributed by atoms with Crippen molar-refractivity contribution in [2.24, 2.45) is 5.73 Å². The molecule has 0 radical (unpaired) electrons. The summed E-state index contributed by atoms with van der Waals surface area (Å²) in [5, 5.41) is 0. The van der Waals surface area contributed by atoms with Crippen LogP contribution in [-0.4, -0.2) is 103 Å². The van der Waals surface area contributed by atoms with E-state index in [4.69, 9.17) is 5.73 Å². The summed E-state index contributed by atoms with van der Waals surface area (Å²) >= 11 is 0. The van der Waals surface area contributed by atoms with Gasteiger partial charge in [0.05, 0.1) is 6.54 Å². The summed E-state index contributed by atoms with van der Waals surface area (Å²) in [5.41, 5.74) is 5.82. The molecule has 1 atom stereocenters. The fraction of sp³-hybridized carbons (Fsp3) is 0.857. The van der Waals surface area contributed by atoms with Gasteiger partial charge in [0.25, 0.3) is 0 Å². The van der Waals surface area contributed by atoms with E-state index >= 15 is 0 Å². The number of piperazine rings is 2. The highest BCUT2D eigenvalue weighted by atomic mass is 16.2. The van der Waals surface area contributed by atoms with E-state index in [1.54, 1.807) is 11.8 Å². The molecule has 2 heterocycles. The maximum absolute atomic E-state index is 12.4. The van der Waals surface area contributed by atoms with Gasteiger partial charge in [0.1, 0.15) is 0 Å². The highest BCUT2D eigenvalue weighted by Crippen LogP contribution is 2.09. The van der Waals surface area contributed by atoms with Crippen LogP contribution in [0.25, 0.3) is 0 Å². The summed E-state index contributed by atoms with van der Waals surface area (Å²) in [5.74, 6) is 0.241. The summed E-state index contributed by atoms with van der Waals surface area (Å²) in [6, 6.07) is 0.256. The number of carbonyl (C=O) groups excluding carboxylic acids is 2. The lowest BCUT2D eigenvalue weighted by Crippen LogP contribution is -2.58. The minimum absolute atomic E-state index is 0.0874. The van der Waals surface area contributed by atoms with Crippen molar-refractivity contribution in [3.63, 3.8) is 0 Å². The van der Waals surface area contributed by atoms with Crippen LogP contribution in [0.4, 0.5) is 0 Å². The zero-order valence-corrected chi connectivity index (χ0v) is 13.1. The molecule has 21 heavy (non-hydrogen) atoms. The Kier molecular flexibility index (Phi) is 5.55. The normalized spacial score (nSPS) is 25.2. The molecule has 2 fully saturated rings. The Balaban J connectivity index is 1.83. The van der Waals surface area contributed by atoms with E-state index in [9.17, 15) is 9.59 Å². The van der Waals surface area contributed by atoms with Gasteiger partial charge in [0, 0.05) is 65.3 Å². The quantitative estimate of drug-likeness (QED) is 0.669. The first kappa shape index (κ1) is 16.2. The Morgan fingerprint density at radius 1 is 1.05 bits per heavy atom. The monoisotopic (exact) mass is 297 g/mol. The Labute approximate surface area is 126 Å². The topological polar surface area (TPSA) is 73.1 Å². The molecule has 2 rings (SSSR count). The molecule has 120 valence electrons. The van der Waals surface area contributed by atoms with Crippen molar-refractivity contribution in [2.75, 3.05) is 66.0 Å². The zero-order chi connectivity index (χ0) is 15.4. The zero-order valence-electron chi connectivity index (χ0n) is 13.1. The van der Waals surface area contributed by atoms with E-state index in [1.165, 1.54) is 0 Å². The molecule has 0 aromatic rings. The minimum atomic E-state index is 0.0874. The summed E-state index contributed by atoms with van der Waals surface area (Å²) in [4.78, 5) is 31.8. The van der Waals surface area contributed by atoms with Crippen LogP contribution >= 0.6 is 0 Å². The fourth-order valence-electron chi connectivity index (χ4n) is 3.02. The molecule has 2 aliphatic heterocycles. The van der Waals surface area contributed by atoms with Gasteiger partial charge in [-0.05, 0) is 7.05 Å².